The number of nitrogens with zero attached hydrogens (tertiary/aromatic N) is 2. The van der Waals surface area contributed by atoms with Gasteiger partial charge < -0.3 is 24.9 Å². The van der Waals surface area contributed by atoms with E-state index in [1.165, 1.54) is 12.1 Å². The highest BCUT2D eigenvalue weighted by molar-refractivity contribution is 7.52. The summed E-state index contributed by atoms with van der Waals surface area (Å²) in [5.41, 5.74) is -5.91. The Hall–Kier alpha value is -2.40. The van der Waals surface area contributed by atoms with Crippen molar-refractivity contribution in [2.24, 2.45) is 5.41 Å². The first-order valence-corrected chi connectivity index (χ1v) is 15.4. The van der Waals surface area contributed by atoms with E-state index < -0.39 is 42.2 Å². The van der Waals surface area contributed by atoms with E-state index in [2.05, 4.69) is 5.32 Å². The number of carbonyl (C=O) groups excluding carboxylic acids is 3. The van der Waals surface area contributed by atoms with Gasteiger partial charge in [0.25, 0.3) is 5.91 Å². The molecule has 1 aromatic heterocycles. The molecule has 2 atom stereocenters. The molecule has 214 valence electrons. The zero-order valence-corrected chi connectivity index (χ0v) is 23.9. The fourth-order valence-corrected chi connectivity index (χ4v) is 6.56. The molecule has 2 aromatic rings. The summed E-state index contributed by atoms with van der Waals surface area (Å²) < 4.78 is 40.1. The Labute approximate surface area is 229 Å². The maximum atomic E-state index is 14.2. The van der Waals surface area contributed by atoms with E-state index in [0.717, 1.165) is 42.7 Å². The Balaban J connectivity index is 1.55. The molecule has 4 rings (SSSR count). The van der Waals surface area contributed by atoms with E-state index in [4.69, 9.17) is 9.79 Å². The summed E-state index contributed by atoms with van der Waals surface area (Å²) in [5, 5.41) is 3.03. The van der Waals surface area contributed by atoms with Gasteiger partial charge in [0.15, 0.2) is 0 Å². The number of alkyl halides is 2. The van der Waals surface area contributed by atoms with Crippen molar-refractivity contribution in [1.82, 2.24) is 15.1 Å². The number of nitrogens with one attached hydrogen (secondary N) is 1. The first kappa shape index (κ1) is 29.6. The maximum absolute atomic E-state index is 14.2. The number of thiophene rings is 1. The minimum atomic E-state index is -5.74. The summed E-state index contributed by atoms with van der Waals surface area (Å²) in [6.07, 6.45) is 4.24. The summed E-state index contributed by atoms with van der Waals surface area (Å²) >= 11 is 1.02. The van der Waals surface area contributed by atoms with Gasteiger partial charge in [-0.05, 0) is 61.1 Å². The number of fused-ring (bicyclic) bond motifs is 1. The summed E-state index contributed by atoms with van der Waals surface area (Å²) in [6.45, 7) is 7.23. The highest BCUT2D eigenvalue weighted by Crippen LogP contribution is 2.59. The lowest BCUT2D eigenvalue weighted by atomic mass is 9.85. The van der Waals surface area contributed by atoms with Crippen LogP contribution >= 0.6 is 18.9 Å². The fourth-order valence-electron chi connectivity index (χ4n) is 5.14. The summed E-state index contributed by atoms with van der Waals surface area (Å²) in [7, 11) is -5.74. The maximum Gasteiger partial charge on any atom is 0.399 e. The first-order valence-electron chi connectivity index (χ1n) is 13.0. The Kier molecular flexibility index (Phi) is 8.25. The lowest BCUT2D eigenvalue weighted by Crippen LogP contribution is -2.58. The van der Waals surface area contributed by atoms with Crippen LogP contribution in [0.3, 0.4) is 0 Å². The molecule has 0 unspecified atom stereocenters. The van der Waals surface area contributed by atoms with Gasteiger partial charge in [-0.1, -0.05) is 26.8 Å². The predicted octanol–water partition coefficient (Wildman–Crippen LogP) is 4.28. The third-order valence-corrected chi connectivity index (χ3v) is 9.44. The molecule has 2 aliphatic rings. The minimum Gasteiger partial charge on any atom is -0.341 e. The quantitative estimate of drug-likeness (QED) is 0.435. The van der Waals surface area contributed by atoms with Gasteiger partial charge in [0.2, 0.25) is 11.8 Å². The molecule has 3 amide bonds. The van der Waals surface area contributed by atoms with Crippen LogP contribution in [0.4, 0.5) is 8.78 Å². The molecule has 2 saturated heterocycles. The highest BCUT2D eigenvalue weighted by Gasteiger charge is 2.50. The van der Waals surface area contributed by atoms with Gasteiger partial charge in [-0.15, -0.1) is 11.3 Å². The molecule has 0 radical (unpaired) electrons. The number of rotatable bonds is 6. The molecular weight excluding hydrogens is 551 g/mol. The molecule has 2 fully saturated rings. The number of halogens is 2. The van der Waals surface area contributed by atoms with Crippen LogP contribution in [0.5, 0.6) is 0 Å². The Morgan fingerprint density at radius 2 is 1.72 bits per heavy atom. The molecule has 2 aliphatic heterocycles. The second-order valence-corrected chi connectivity index (χ2v) is 14.0. The number of carbonyl (C=O) groups is 3. The van der Waals surface area contributed by atoms with Crippen LogP contribution < -0.4 is 5.32 Å². The van der Waals surface area contributed by atoms with E-state index in [-0.39, 0.29) is 22.1 Å². The van der Waals surface area contributed by atoms with Crippen molar-refractivity contribution in [3.63, 3.8) is 0 Å². The standard InChI is InChI=1S/C26H34F2N3O6PS/c1-25(2,3)21(24(34)31-13-7-8-18(31)23(33)30-11-5-4-6-12-30)29-22(32)20-15-16-14-17(9-10-19(16)39-20)26(27,28)38(35,36)37/h9-10,14-15,18,21H,4-8,11-13H2,1-3H3,(H,29,32)(H2,35,36,37)/t18-,21+/m0/s1. The fraction of sp³-hybridized carbons (Fsp3) is 0.577. The Morgan fingerprint density at radius 1 is 1.05 bits per heavy atom. The van der Waals surface area contributed by atoms with E-state index in [9.17, 15) is 27.7 Å². The number of hydrogen-bond acceptors (Lipinski definition) is 5. The van der Waals surface area contributed by atoms with Crippen LogP contribution in [0.2, 0.25) is 0 Å². The van der Waals surface area contributed by atoms with Crippen LogP contribution in [0.1, 0.15) is 68.1 Å². The van der Waals surface area contributed by atoms with Gasteiger partial charge in [-0.25, -0.2) is 0 Å². The first-order chi connectivity index (χ1) is 18.1. The summed E-state index contributed by atoms with van der Waals surface area (Å²) in [6, 6.07) is 3.01. The van der Waals surface area contributed by atoms with Gasteiger partial charge in [0.05, 0.1) is 4.88 Å². The Morgan fingerprint density at radius 3 is 2.33 bits per heavy atom. The number of amides is 3. The smallest absolute Gasteiger partial charge is 0.341 e. The molecular formula is C26H34F2N3O6PS. The molecule has 1 aromatic carbocycles. The average Bonchev–Trinajstić information content (AvgIpc) is 3.52. The largest absolute Gasteiger partial charge is 0.399 e. The lowest BCUT2D eigenvalue weighted by Gasteiger charge is -2.37. The van der Waals surface area contributed by atoms with Crippen molar-refractivity contribution in [2.45, 2.75) is 70.6 Å². The van der Waals surface area contributed by atoms with Crippen molar-refractivity contribution >= 4 is 46.7 Å². The molecule has 0 spiro atoms. The normalized spacial score (nSPS) is 19.8. The lowest BCUT2D eigenvalue weighted by molar-refractivity contribution is -0.146. The van der Waals surface area contributed by atoms with Gasteiger partial charge >= 0.3 is 13.3 Å². The monoisotopic (exact) mass is 585 g/mol. The predicted molar refractivity (Wildman–Crippen MR) is 144 cm³/mol. The molecule has 0 aliphatic carbocycles. The summed E-state index contributed by atoms with van der Waals surface area (Å²) in [5.74, 6) is -0.966. The summed E-state index contributed by atoms with van der Waals surface area (Å²) in [4.78, 5) is 61.9. The van der Waals surface area contributed by atoms with E-state index in [1.807, 2.05) is 25.7 Å². The van der Waals surface area contributed by atoms with Crippen molar-refractivity contribution in [3.8, 4) is 0 Å². The number of likely N-dealkylation sites (tertiary alicyclic amines) is 2. The molecule has 3 heterocycles. The van der Waals surface area contributed by atoms with Crippen molar-refractivity contribution in [3.05, 3.63) is 34.7 Å². The van der Waals surface area contributed by atoms with E-state index in [1.54, 1.807) is 4.90 Å². The molecule has 9 nitrogen and oxygen atoms in total. The van der Waals surface area contributed by atoms with Crippen LogP contribution in [0, 0.1) is 5.41 Å². The number of piperidine rings is 1. The third-order valence-electron chi connectivity index (χ3n) is 7.33. The molecule has 0 bridgehead atoms. The van der Waals surface area contributed by atoms with Crippen LogP contribution in [-0.2, 0) is 19.8 Å². The minimum absolute atomic E-state index is 0.0491. The van der Waals surface area contributed by atoms with Crippen LogP contribution in [-0.4, -0.2) is 69.0 Å². The Bertz CT molecular complexity index is 1310. The van der Waals surface area contributed by atoms with Crippen molar-refractivity contribution < 1.29 is 37.5 Å². The van der Waals surface area contributed by atoms with E-state index >= 15 is 0 Å². The molecule has 3 N–H and O–H groups in total. The zero-order valence-electron chi connectivity index (χ0n) is 22.2. The van der Waals surface area contributed by atoms with Crippen LogP contribution in [0.15, 0.2) is 24.3 Å². The SMILES string of the molecule is CC(C)(C)[C@H](NC(=O)c1cc2cc(C(F)(F)P(=O)(O)O)ccc2s1)C(=O)N1CCC[C@H]1C(=O)N1CCCCC1. The van der Waals surface area contributed by atoms with E-state index in [0.29, 0.717) is 37.2 Å². The molecule has 0 saturated carbocycles. The highest BCUT2D eigenvalue weighted by atomic mass is 32.1. The van der Waals surface area contributed by atoms with Gasteiger partial charge in [-0.3, -0.25) is 18.9 Å². The van der Waals surface area contributed by atoms with Gasteiger partial charge in [0.1, 0.15) is 12.1 Å². The van der Waals surface area contributed by atoms with Crippen molar-refractivity contribution in [1.29, 1.82) is 0 Å². The second kappa shape index (κ2) is 10.9. The van der Waals surface area contributed by atoms with Crippen LogP contribution in [0.25, 0.3) is 10.1 Å². The topological polar surface area (TPSA) is 127 Å². The average molecular weight is 586 g/mol. The van der Waals surface area contributed by atoms with Crippen molar-refractivity contribution in [2.75, 3.05) is 19.6 Å². The number of benzene rings is 1. The van der Waals surface area contributed by atoms with Gasteiger partial charge in [0, 0.05) is 29.9 Å². The molecule has 13 heteroatoms. The zero-order chi connectivity index (χ0) is 28.8. The third kappa shape index (κ3) is 6.04. The van der Waals surface area contributed by atoms with Gasteiger partial charge in [-0.2, -0.15) is 8.78 Å². The second-order valence-electron chi connectivity index (χ2n) is 11.3. The number of hydrogen-bond donors (Lipinski definition) is 3. The molecule has 39 heavy (non-hydrogen) atoms.